The zero-order valence-electron chi connectivity index (χ0n) is 11.0. The van der Waals surface area contributed by atoms with Crippen molar-refractivity contribution in [3.05, 3.63) is 74.0 Å². The molecule has 0 spiro atoms. The Morgan fingerprint density at radius 2 is 1.87 bits per heavy atom. The number of hydrogen-bond donors (Lipinski definition) is 1. The number of aliphatic hydroxyl groups is 1. The van der Waals surface area contributed by atoms with E-state index in [0.717, 1.165) is 18.3 Å². The monoisotopic (exact) mass is 394 g/mol. The minimum absolute atomic E-state index is 0.162. The average Bonchev–Trinajstić information content (AvgIpc) is 2.46. The van der Waals surface area contributed by atoms with E-state index in [1.54, 1.807) is 0 Å². The summed E-state index contributed by atoms with van der Waals surface area (Å²) in [5.74, 6) is -7.40. The first kappa shape index (κ1) is 17.3. The standard InChI is InChI=1S/C13H7BrF4N2O3/c14-7-1-4-11(19-6-7)12(17,18)13(21,20(22)23)9-3-2-8(15)5-10(9)16/h1-6,21H/t13-/m1/s1. The molecule has 0 saturated heterocycles. The SMILES string of the molecule is O=[N+]([O-])[C@@](O)(c1ccc(F)cc1F)C(F)(F)c1ccc(Br)cn1. The van der Waals surface area contributed by atoms with Crippen molar-refractivity contribution in [2.45, 2.75) is 11.6 Å². The van der Waals surface area contributed by atoms with Crippen LogP contribution in [-0.2, 0) is 11.6 Å². The van der Waals surface area contributed by atoms with Crippen LogP contribution in [0.4, 0.5) is 17.6 Å². The fourth-order valence-electron chi connectivity index (χ4n) is 1.89. The molecule has 0 aliphatic rings. The van der Waals surface area contributed by atoms with Gasteiger partial charge in [-0.2, -0.15) is 8.78 Å². The van der Waals surface area contributed by atoms with Crippen LogP contribution in [0.25, 0.3) is 0 Å². The maximum atomic E-state index is 14.5. The number of aromatic nitrogens is 1. The lowest BCUT2D eigenvalue weighted by atomic mass is 9.93. The summed E-state index contributed by atoms with van der Waals surface area (Å²) >= 11 is 2.95. The number of hydrogen-bond acceptors (Lipinski definition) is 4. The van der Waals surface area contributed by atoms with Gasteiger partial charge >= 0.3 is 11.6 Å². The average molecular weight is 395 g/mol. The third kappa shape index (κ3) is 2.79. The lowest BCUT2D eigenvalue weighted by Crippen LogP contribution is -2.50. The summed E-state index contributed by atoms with van der Waals surface area (Å²) in [6.45, 7) is 0. The van der Waals surface area contributed by atoms with E-state index in [1.165, 1.54) is 0 Å². The van der Waals surface area contributed by atoms with Crippen molar-refractivity contribution in [3.8, 4) is 0 Å². The lowest BCUT2D eigenvalue weighted by Gasteiger charge is -2.27. The Morgan fingerprint density at radius 1 is 1.22 bits per heavy atom. The molecule has 0 aliphatic carbocycles. The maximum Gasteiger partial charge on any atom is 0.421 e. The molecule has 122 valence electrons. The first-order valence-corrected chi connectivity index (χ1v) is 6.72. The van der Waals surface area contributed by atoms with Gasteiger partial charge in [-0.15, -0.1) is 0 Å². The molecule has 1 aromatic heterocycles. The highest BCUT2D eigenvalue weighted by Crippen LogP contribution is 2.46. The molecule has 0 unspecified atom stereocenters. The highest BCUT2D eigenvalue weighted by molar-refractivity contribution is 9.10. The van der Waals surface area contributed by atoms with Crippen LogP contribution < -0.4 is 0 Å². The van der Waals surface area contributed by atoms with Gasteiger partial charge in [-0.1, -0.05) is 0 Å². The number of pyridine rings is 1. The molecule has 0 saturated carbocycles. The number of alkyl halides is 2. The molecule has 0 fully saturated rings. The van der Waals surface area contributed by atoms with Crippen molar-refractivity contribution in [1.82, 2.24) is 4.98 Å². The first-order chi connectivity index (χ1) is 10.6. The zero-order valence-corrected chi connectivity index (χ0v) is 12.6. The van der Waals surface area contributed by atoms with E-state index in [0.29, 0.717) is 16.6 Å². The van der Waals surface area contributed by atoms with Crippen molar-refractivity contribution >= 4 is 15.9 Å². The molecular formula is C13H7BrF4N2O3. The van der Waals surface area contributed by atoms with Gasteiger partial charge in [-0.25, -0.2) is 8.78 Å². The summed E-state index contributed by atoms with van der Waals surface area (Å²) in [6.07, 6.45) is 0.935. The molecular weight excluding hydrogens is 388 g/mol. The number of nitro groups is 1. The smallest absolute Gasteiger partial charge is 0.321 e. The highest BCUT2D eigenvalue weighted by Gasteiger charge is 2.68. The fourth-order valence-corrected chi connectivity index (χ4v) is 2.13. The highest BCUT2D eigenvalue weighted by atomic mass is 79.9. The van der Waals surface area contributed by atoms with Gasteiger partial charge in [0.15, 0.2) is 0 Å². The predicted octanol–water partition coefficient (Wildman–Crippen LogP) is 3.34. The van der Waals surface area contributed by atoms with E-state index in [4.69, 9.17) is 0 Å². The summed E-state index contributed by atoms with van der Waals surface area (Å²) in [5.41, 5.74) is -6.69. The van der Waals surface area contributed by atoms with Crippen molar-refractivity contribution in [2.24, 2.45) is 0 Å². The van der Waals surface area contributed by atoms with E-state index in [9.17, 15) is 32.8 Å². The van der Waals surface area contributed by atoms with Gasteiger partial charge in [0, 0.05) is 16.7 Å². The van der Waals surface area contributed by atoms with E-state index < -0.39 is 39.5 Å². The topological polar surface area (TPSA) is 76.3 Å². The summed E-state index contributed by atoms with van der Waals surface area (Å²) in [4.78, 5) is 12.7. The van der Waals surface area contributed by atoms with Gasteiger partial charge < -0.3 is 5.11 Å². The number of benzene rings is 1. The molecule has 0 radical (unpaired) electrons. The van der Waals surface area contributed by atoms with Gasteiger partial charge in [-0.3, -0.25) is 15.1 Å². The Kier molecular flexibility index (Phi) is 4.40. The van der Waals surface area contributed by atoms with Gasteiger partial charge in [0.05, 0.1) is 4.92 Å². The Morgan fingerprint density at radius 3 is 2.35 bits per heavy atom. The zero-order chi connectivity index (χ0) is 17.4. The van der Waals surface area contributed by atoms with Crippen LogP contribution in [0.15, 0.2) is 41.0 Å². The molecule has 10 heteroatoms. The van der Waals surface area contributed by atoms with Crippen molar-refractivity contribution in [1.29, 1.82) is 0 Å². The van der Waals surface area contributed by atoms with Gasteiger partial charge in [-0.05, 0) is 40.2 Å². The normalized spacial score (nSPS) is 14.3. The second-order valence-electron chi connectivity index (χ2n) is 4.49. The molecule has 1 atom stereocenters. The van der Waals surface area contributed by atoms with Crippen molar-refractivity contribution in [3.63, 3.8) is 0 Å². The molecule has 0 bridgehead atoms. The quantitative estimate of drug-likeness (QED) is 0.373. The van der Waals surface area contributed by atoms with Gasteiger partial charge in [0.2, 0.25) is 0 Å². The minimum atomic E-state index is -4.59. The minimum Gasteiger partial charge on any atom is -0.321 e. The number of rotatable bonds is 4. The third-order valence-electron chi connectivity index (χ3n) is 3.06. The lowest BCUT2D eigenvalue weighted by molar-refractivity contribution is -0.672. The second-order valence-corrected chi connectivity index (χ2v) is 5.41. The summed E-state index contributed by atoms with van der Waals surface area (Å²) in [5, 5.41) is 21.1. The van der Waals surface area contributed by atoms with Crippen LogP contribution in [0.3, 0.4) is 0 Å². The molecule has 1 aromatic carbocycles. The summed E-state index contributed by atoms with van der Waals surface area (Å²) in [7, 11) is 0. The van der Waals surface area contributed by atoms with E-state index in [-0.39, 0.29) is 6.07 Å². The first-order valence-electron chi connectivity index (χ1n) is 5.93. The Balaban J connectivity index is 2.68. The van der Waals surface area contributed by atoms with Gasteiger partial charge in [0.1, 0.15) is 22.9 Å². The third-order valence-corrected chi connectivity index (χ3v) is 3.53. The molecule has 2 aromatic rings. The number of halogens is 5. The van der Waals surface area contributed by atoms with Crippen LogP contribution in [0, 0.1) is 21.7 Å². The largest absolute Gasteiger partial charge is 0.421 e. The Bertz CT molecular complexity index is 757. The maximum absolute atomic E-state index is 14.5. The molecule has 5 nitrogen and oxygen atoms in total. The molecule has 23 heavy (non-hydrogen) atoms. The molecule has 1 N–H and O–H groups in total. The Labute approximate surface area is 134 Å². The van der Waals surface area contributed by atoms with Gasteiger partial charge in [0.25, 0.3) is 0 Å². The fraction of sp³-hybridized carbons (Fsp3) is 0.154. The molecule has 0 amide bonds. The van der Waals surface area contributed by atoms with Crippen molar-refractivity contribution < 1.29 is 27.6 Å². The van der Waals surface area contributed by atoms with Crippen molar-refractivity contribution in [2.75, 3.05) is 0 Å². The van der Waals surface area contributed by atoms with E-state index in [2.05, 4.69) is 20.9 Å². The Hall–Kier alpha value is -2.07. The van der Waals surface area contributed by atoms with Crippen LogP contribution in [0.5, 0.6) is 0 Å². The second kappa shape index (κ2) is 5.85. The summed E-state index contributed by atoms with van der Waals surface area (Å²) < 4.78 is 56.0. The molecule has 0 aliphatic heterocycles. The van der Waals surface area contributed by atoms with Crippen LogP contribution >= 0.6 is 15.9 Å². The molecule has 2 rings (SSSR count). The molecule has 1 heterocycles. The van der Waals surface area contributed by atoms with Crippen LogP contribution in [0.1, 0.15) is 11.3 Å². The van der Waals surface area contributed by atoms with Crippen LogP contribution in [0.2, 0.25) is 0 Å². The summed E-state index contributed by atoms with van der Waals surface area (Å²) in [6, 6.07) is 2.94. The predicted molar refractivity (Wildman–Crippen MR) is 73.1 cm³/mol. The van der Waals surface area contributed by atoms with Crippen LogP contribution in [-0.4, -0.2) is 15.0 Å². The van der Waals surface area contributed by atoms with E-state index >= 15 is 0 Å². The number of nitrogens with zero attached hydrogens (tertiary/aromatic N) is 2. The van der Waals surface area contributed by atoms with E-state index in [1.807, 2.05) is 0 Å².